The molecule has 1 unspecified atom stereocenters. The van der Waals surface area contributed by atoms with E-state index < -0.39 is 5.82 Å². The highest BCUT2D eigenvalue weighted by atomic mass is 32.2. The van der Waals surface area contributed by atoms with Crippen LogP contribution in [0.25, 0.3) is 0 Å². The molecular weight excluding hydrogens is 405 g/mol. The molecule has 1 saturated heterocycles. The van der Waals surface area contributed by atoms with Crippen LogP contribution in [0.1, 0.15) is 23.2 Å². The average molecular weight is 430 g/mol. The molecule has 1 aliphatic rings. The number of benzene rings is 2. The molecule has 1 heterocycles. The maximum Gasteiger partial charge on any atom is 0.286 e. The van der Waals surface area contributed by atoms with Crippen molar-refractivity contribution in [1.29, 1.82) is 0 Å². The van der Waals surface area contributed by atoms with Crippen molar-refractivity contribution in [3.05, 3.63) is 59.9 Å². The molecule has 158 valence electrons. The average Bonchev–Trinajstić information content (AvgIpc) is 2.75. The summed E-state index contributed by atoms with van der Waals surface area (Å²) in [6.07, 6.45) is 1.38. The van der Waals surface area contributed by atoms with Gasteiger partial charge in [0.25, 0.3) is 11.1 Å². The number of nitrogens with zero attached hydrogens (tertiary/aromatic N) is 2. The molecule has 1 atom stereocenters. The van der Waals surface area contributed by atoms with E-state index in [1.54, 1.807) is 37.2 Å². The van der Waals surface area contributed by atoms with Crippen LogP contribution in [0, 0.1) is 11.7 Å². The molecule has 2 aromatic rings. The molecule has 1 fully saturated rings. The molecule has 6 nitrogen and oxygen atoms in total. The number of hydrogen-bond acceptors (Lipinski definition) is 4. The largest absolute Gasteiger partial charge is 0.339 e. The number of likely N-dealkylation sites (tertiary alicyclic amines) is 1. The first kappa shape index (κ1) is 21.8. The summed E-state index contributed by atoms with van der Waals surface area (Å²) in [5.74, 6) is -1.14. The molecule has 3 rings (SSSR count). The smallest absolute Gasteiger partial charge is 0.286 e. The Morgan fingerprint density at radius 1 is 1.10 bits per heavy atom. The van der Waals surface area contributed by atoms with Gasteiger partial charge in [-0.3, -0.25) is 14.4 Å². The van der Waals surface area contributed by atoms with Gasteiger partial charge in [-0.05, 0) is 61.0 Å². The Kier molecular flexibility index (Phi) is 7.10. The number of anilines is 1. The van der Waals surface area contributed by atoms with Gasteiger partial charge in [0.15, 0.2) is 0 Å². The predicted molar refractivity (Wildman–Crippen MR) is 115 cm³/mol. The third kappa shape index (κ3) is 5.38. The summed E-state index contributed by atoms with van der Waals surface area (Å²) in [4.78, 5) is 41.4. The molecule has 0 spiro atoms. The summed E-state index contributed by atoms with van der Waals surface area (Å²) in [6, 6.07) is 12.6. The van der Waals surface area contributed by atoms with E-state index in [9.17, 15) is 18.8 Å². The number of hydrogen-bond donors (Lipinski definition) is 1. The lowest BCUT2D eigenvalue weighted by atomic mass is 9.96. The molecule has 0 radical (unpaired) electrons. The third-order valence-electron chi connectivity index (χ3n) is 4.88. The zero-order chi connectivity index (χ0) is 21.7. The second kappa shape index (κ2) is 9.75. The summed E-state index contributed by atoms with van der Waals surface area (Å²) in [6.45, 7) is 0.859. The van der Waals surface area contributed by atoms with Crippen molar-refractivity contribution in [3.63, 3.8) is 0 Å². The summed E-state index contributed by atoms with van der Waals surface area (Å²) in [7, 11) is 3.34. The number of carbonyl (C=O) groups is 3. The first-order valence-electron chi connectivity index (χ1n) is 9.69. The fourth-order valence-electron chi connectivity index (χ4n) is 3.23. The minimum absolute atomic E-state index is 0.134. The third-order valence-corrected chi connectivity index (χ3v) is 5.99. The first-order chi connectivity index (χ1) is 14.3. The van der Waals surface area contributed by atoms with E-state index in [0.29, 0.717) is 42.1 Å². The Morgan fingerprint density at radius 2 is 1.80 bits per heavy atom. The first-order valence-corrected chi connectivity index (χ1v) is 10.5. The van der Waals surface area contributed by atoms with Crippen molar-refractivity contribution in [3.8, 4) is 0 Å². The van der Waals surface area contributed by atoms with Crippen LogP contribution in [-0.2, 0) is 4.79 Å². The van der Waals surface area contributed by atoms with Crippen LogP contribution in [0.3, 0.4) is 0 Å². The van der Waals surface area contributed by atoms with Crippen LogP contribution in [-0.4, -0.2) is 54.0 Å². The maximum atomic E-state index is 13.1. The van der Waals surface area contributed by atoms with E-state index in [-0.39, 0.29) is 23.0 Å². The predicted octanol–water partition coefficient (Wildman–Crippen LogP) is 4.09. The molecule has 30 heavy (non-hydrogen) atoms. The van der Waals surface area contributed by atoms with E-state index in [0.717, 1.165) is 11.8 Å². The second-order valence-electron chi connectivity index (χ2n) is 7.35. The number of carbonyl (C=O) groups excluding carboxylic acids is 3. The quantitative estimate of drug-likeness (QED) is 0.744. The highest BCUT2D eigenvalue weighted by Gasteiger charge is 2.29. The van der Waals surface area contributed by atoms with Crippen molar-refractivity contribution >= 4 is 34.5 Å². The molecule has 0 aromatic heterocycles. The van der Waals surface area contributed by atoms with Gasteiger partial charge in [-0.15, -0.1) is 0 Å². The molecule has 1 N–H and O–H groups in total. The van der Waals surface area contributed by atoms with Crippen LogP contribution in [0.4, 0.5) is 14.9 Å². The lowest BCUT2D eigenvalue weighted by Gasteiger charge is -2.32. The number of thioether (sulfide) groups is 1. The monoisotopic (exact) mass is 429 g/mol. The minimum atomic E-state index is -0.397. The normalized spacial score (nSPS) is 16.1. The number of halogens is 1. The van der Waals surface area contributed by atoms with Crippen LogP contribution in [0.15, 0.2) is 53.4 Å². The van der Waals surface area contributed by atoms with Gasteiger partial charge in [0.1, 0.15) is 5.82 Å². The summed E-state index contributed by atoms with van der Waals surface area (Å²) >= 11 is 1.05. The molecule has 2 aromatic carbocycles. The standard InChI is InChI=1S/C22H24FN3O3S/c1-25(2)22(29)30-19-8-4-3-7-18(19)24-20(27)16-6-5-13-26(14-16)21(28)15-9-11-17(23)12-10-15/h3-4,7-12,16H,5-6,13-14H2,1-2H3,(H,24,27). The van der Waals surface area contributed by atoms with Crippen LogP contribution in [0.5, 0.6) is 0 Å². The molecular formula is C22H24FN3O3S. The SMILES string of the molecule is CN(C)C(=O)Sc1ccccc1NC(=O)C1CCCN(C(=O)c2ccc(F)cc2)C1. The molecule has 8 heteroatoms. The number of piperidine rings is 1. The number of rotatable bonds is 4. The van der Waals surface area contributed by atoms with Gasteiger partial charge in [0.2, 0.25) is 5.91 Å². The molecule has 1 aliphatic heterocycles. The fourth-order valence-corrected chi connectivity index (χ4v) is 3.98. The Balaban J connectivity index is 1.67. The van der Waals surface area contributed by atoms with E-state index >= 15 is 0 Å². The zero-order valence-corrected chi connectivity index (χ0v) is 17.7. The summed E-state index contributed by atoms with van der Waals surface area (Å²) < 4.78 is 13.1. The van der Waals surface area contributed by atoms with Crippen molar-refractivity contribution in [2.75, 3.05) is 32.5 Å². The van der Waals surface area contributed by atoms with Gasteiger partial charge in [0, 0.05) is 37.6 Å². The Labute approximate surface area is 179 Å². The highest BCUT2D eigenvalue weighted by Crippen LogP contribution is 2.29. The van der Waals surface area contributed by atoms with Crippen molar-refractivity contribution in [2.24, 2.45) is 5.92 Å². The van der Waals surface area contributed by atoms with Crippen molar-refractivity contribution < 1.29 is 18.8 Å². The number of para-hydroxylation sites is 1. The van der Waals surface area contributed by atoms with Gasteiger partial charge in [-0.2, -0.15) is 0 Å². The minimum Gasteiger partial charge on any atom is -0.339 e. The van der Waals surface area contributed by atoms with Gasteiger partial charge < -0.3 is 15.1 Å². The van der Waals surface area contributed by atoms with Crippen LogP contribution < -0.4 is 5.32 Å². The topological polar surface area (TPSA) is 69.7 Å². The lowest BCUT2D eigenvalue weighted by Crippen LogP contribution is -2.43. The highest BCUT2D eigenvalue weighted by molar-refractivity contribution is 8.13. The summed E-state index contributed by atoms with van der Waals surface area (Å²) in [5, 5.41) is 2.78. The van der Waals surface area contributed by atoms with Crippen molar-refractivity contribution in [2.45, 2.75) is 17.7 Å². The van der Waals surface area contributed by atoms with E-state index in [1.807, 2.05) is 6.07 Å². The van der Waals surface area contributed by atoms with Gasteiger partial charge >= 0.3 is 0 Å². The Bertz CT molecular complexity index is 933. The Hall–Kier alpha value is -2.87. The second-order valence-corrected chi connectivity index (χ2v) is 8.34. The van der Waals surface area contributed by atoms with Crippen LogP contribution in [0.2, 0.25) is 0 Å². The van der Waals surface area contributed by atoms with E-state index in [4.69, 9.17) is 0 Å². The molecule has 0 bridgehead atoms. The molecule has 0 saturated carbocycles. The molecule has 3 amide bonds. The lowest BCUT2D eigenvalue weighted by molar-refractivity contribution is -0.121. The van der Waals surface area contributed by atoms with Crippen LogP contribution >= 0.6 is 11.8 Å². The van der Waals surface area contributed by atoms with Gasteiger partial charge in [0.05, 0.1) is 11.6 Å². The maximum absolute atomic E-state index is 13.1. The number of amides is 3. The van der Waals surface area contributed by atoms with Crippen molar-refractivity contribution in [1.82, 2.24) is 9.80 Å². The Morgan fingerprint density at radius 3 is 2.50 bits per heavy atom. The zero-order valence-electron chi connectivity index (χ0n) is 16.9. The van der Waals surface area contributed by atoms with Gasteiger partial charge in [-0.1, -0.05) is 12.1 Å². The number of nitrogens with one attached hydrogen (secondary N) is 1. The molecule has 0 aliphatic carbocycles. The fraction of sp³-hybridized carbons (Fsp3) is 0.318. The van der Waals surface area contributed by atoms with Gasteiger partial charge in [-0.25, -0.2) is 4.39 Å². The van der Waals surface area contributed by atoms with E-state index in [1.165, 1.54) is 29.2 Å². The summed E-state index contributed by atoms with van der Waals surface area (Å²) in [5.41, 5.74) is 0.978. The van der Waals surface area contributed by atoms with E-state index in [2.05, 4.69) is 5.32 Å².